The molecule has 0 unspecified atom stereocenters. The van der Waals surface area contributed by atoms with Crippen LogP contribution in [0.25, 0.3) is 11.0 Å². The fourth-order valence-electron chi connectivity index (χ4n) is 1.73. The van der Waals surface area contributed by atoms with Crippen LogP contribution >= 0.6 is 0 Å². The fourth-order valence-corrected chi connectivity index (χ4v) is 1.73. The Morgan fingerprint density at radius 2 is 2.43 bits per heavy atom. The summed E-state index contributed by atoms with van der Waals surface area (Å²) in [6, 6.07) is 3.57. The molecule has 2 aromatic heterocycles. The third-order valence-electron chi connectivity index (χ3n) is 2.36. The zero-order chi connectivity index (χ0) is 9.54. The van der Waals surface area contributed by atoms with E-state index in [1.807, 2.05) is 0 Å². The largest absolute Gasteiger partial charge is 0.368 e. The predicted molar refractivity (Wildman–Crippen MR) is 52.3 cm³/mol. The average molecular weight is 188 g/mol. The van der Waals surface area contributed by atoms with E-state index in [1.165, 1.54) is 0 Å². The van der Waals surface area contributed by atoms with Crippen molar-refractivity contribution in [3.8, 4) is 0 Å². The maximum Gasteiger partial charge on any atom is 0.349 e. The second kappa shape index (κ2) is 2.54. The molecule has 0 saturated carbocycles. The summed E-state index contributed by atoms with van der Waals surface area (Å²) in [6.45, 7) is 1.44. The first-order valence-corrected chi connectivity index (χ1v) is 4.46. The first kappa shape index (κ1) is 7.49. The molecule has 0 fully saturated rings. The number of nitrogens with zero attached hydrogens (tertiary/aromatic N) is 3. The molecule has 14 heavy (non-hydrogen) atoms. The van der Waals surface area contributed by atoms with Crippen molar-refractivity contribution in [1.82, 2.24) is 14.5 Å². The van der Waals surface area contributed by atoms with E-state index in [9.17, 15) is 4.79 Å². The summed E-state index contributed by atoms with van der Waals surface area (Å²) in [5.41, 5.74) is 1.22. The maximum absolute atomic E-state index is 11.5. The van der Waals surface area contributed by atoms with Gasteiger partial charge in [0, 0.05) is 19.3 Å². The van der Waals surface area contributed by atoms with Gasteiger partial charge in [-0.1, -0.05) is 0 Å². The molecule has 5 nitrogen and oxygen atoms in total. The molecular formula is C9H8N4O. The average Bonchev–Trinajstić information content (AvgIpc) is 2.67. The normalized spacial score (nSPS) is 14.0. The van der Waals surface area contributed by atoms with Gasteiger partial charge in [-0.15, -0.1) is 0 Å². The Kier molecular flexibility index (Phi) is 1.36. The molecule has 0 radical (unpaired) electrons. The van der Waals surface area contributed by atoms with Crippen LogP contribution in [0.4, 0.5) is 5.82 Å². The Labute approximate surface area is 79.4 Å². The van der Waals surface area contributed by atoms with Gasteiger partial charge in [-0.2, -0.15) is 4.98 Å². The molecule has 5 heteroatoms. The van der Waals surface area contributed by atoms with Crippen molar-refractivity contribution in [3.05, 3.63) is 28.8 Å². The minimum Gasteiger partial charge on any atom is -0.368 e. The Morgan fingerprint density at radius 3 is 3.36 bits per heavy atom. The van der Waals surface area contributed by atoms with Crippen LogP contribution in [0.5, 0.6) is 0 Å². The first-order valence-electron chi connectivity index (χ1n) is 4.46. The van der Waals surface area contributed by atoms with Gasteiger partial charge in [0.1, 0.15) is 11.3 Å². The lowest BCUT2D eigenvalue weighted by atomic mass is 10.3. The van der Waals surface area contributed by atoms with E-state index < -0.39 is 0 Å². The molecule has 0 aliphatic carbocycles. The first-order chi connectivity index (χ1) is 6.86. The van der Waals surface area contributed by atoms with Crippen LogP contribution in [0.3, 0.4) is 0 Å². The zero-order valence-electron chi connectivity index (χ0n) is 7.40. The Balaban J connectivity index is 2.52. The van der Waals surface area contributed by atoms with Gasteiger partial charge >= 0.3 is 5.69 Å². The SMILES string of the molecule is O=c1nc2cccnc2c2n1CCN2. The molecule has 2 aromatic rings. The van der Waals surface area contributed by atoms with Gasteiger partial charge in [0.05, 0.1) is 5.52 Å². The summed E-state index contributed by atoms with van der Waals surface area (Å²) in [7, 11) is 0. The van der Waals surface area contributed by atoms with Crippen LogP contribution in [-0.4, -0.2) is 21.1 Å². The third-order valence-corrected chi connectivity index (χ3v) is 2.36. The summed E-state index contributed by atoms with van der Waals surface area (Å²) in [5.74, 6) is 0.792. The van der Waals surface area contributed by atoms with Gasteiger partial charge in [0.25, 0.3) is 0 Å². The molecule has 1 aliphatic rings. The second-order valence-electron chi connectivity index (χ2n) is 3.19. The van der Waals surface area contributed by atoms with Crippen molar-refractivity contribution in [2.45, 2.75) is 6.54 Å². The molecule has 3 rings (SSSR count). The number of rotatable bonds is 0. The van der Waals surface area contributed by atoms with Crippen molar-refractivity contribution >= 4 is 16.9 Å². The summed E-state index contributed by atoms with van der Waals surface area (Å²) >= 11 is 0. The van der Waals surface area contributed by atoms with Crippen molar-refractivity contribution in [2.24, 2.45) is 0 Å². The smallest absolute Gasteiger partial charge is 0.349 e. The van der Waals surface area contributed by atoms with Crippen molar-refractivity contribution in [1.29, 1.82) is 0 Å². The lowest BCUT2D eigenvalue weighted by molar-refractivity contribution is 0.749. The predicted octanol–water partition coefficient (Wildman–Crippen LogP) is 0.217. The van der Waals surface area contributed by atoms with Gasteiger partial charge in [0.15, 0.2) is 0 Å². The highest BCUT2D eigenvalue weighted by Gasteiger charge is 2.15. The number of fused-ring (bicyclic) bond motifs is 3. The molecule has 1 aliphatic heterocycles. The molecule has 0 saturated heterocycles. The fraction of sp³-hybridized carbons (Fsp3) is 0.222. The van der Waals surface area contributed by atoms with Crippen LogP contribution in [0.1, 0.15) is 0 Å². The summed E-state index contributed by atoms with van der Waals surface area (Å²) < 4.78 is 1.62. The molecule has 70 valence electrons. The summed E-state index contributed by atoms with van der Waals surface area (Å²) in [5, 5.41) is 3.14. The van der Waals surface area contributed by atoms with Gasteiger partial charge < -0.3 is 5.32 Å². The number of aromatic nitrogens is 3. The van der Waals surface area contributed by atoms with E-state index in [4.69, 9.17) is 0 Å². The lowest BCUT2D eigenvalue weighted by Crippen LogP contribution is -2.21. The number of hydrogen-bond acceptors (Lipinski definition) is 4. The molecule has 1 N–H and O–H groups in total. The number of nitrogens with one attached hydrogen (secondary N) is 1. The Bertz CT molecular complexity index is 560. The van der Waals surface area contributed by atoms with E-state index in [-0.39, 0.29) is 5.69 Å². The van der Waals surface area contributed by atoms with Gasteiger partial charge in [-0.05, 0) is 12.1 Å². The molecule has 0 spiro atoms. The molecule has 3 heterocycles. The second-order valence-corrected chi connectivity index (χ2v) is 3.19. The van der Waals surface area contributed by atoms with E-state index in [0.29, 0.717) is 12.1 Å². The van der Waals surface area contributed by atoms with Crippen molar-refractivity contribution < 1.29 is 0 Å². The lowest BCUT2D eigenvalue weighted by Gasteiger charge is -2.03. The van der Waals surface area contributed by atoms with Crippen LogP contribution < -0.4 is 11.0 Å². The summed E-state index contributed by atoms with van der Waals surface area (Å²) in [6.07, 6.45) is 1.70. The van der Waals surface area contributed by atoms with E-state index in [1.54, 1.807) is 22.9 Å². The quantitative estimate of drug-likeness (QED) is 0.642. The molecule has 0 amide bonds. The monoisotopic (exact) mass is 188 g/mol. The maximum atomic E-state index is 11.5. The number of pyridine rings is 1. The van der Waals surface area contributed by atoms with Crippen LogP contribution in [0.2, 0.25) is 0 Å². The topological polar surface area (TPSA) is 59.8 Å². The Hall–Kier alpha value is -1.91. The Morgan fingerprint density at radius 1 is 1.50 bits per heavy atom. The zero-order valence-corrected chi connectivity index (χ0v) is 7.40. The van der Waals surface area contributed by atoms with Gasteiger partial charge in [0.2, 0.25) is 0 Å². The standard InChI is InChI=1S/C9H8N4O/c14-9-12-6-2-1-3-10-7(6)8-11-4-5-13(8)9/h1-3,11H,4-5H2. The molecular weight excluding hydrogens is 180 g/mol. The highest BCUT2D eigenvalue weighted by molar-refractivity contribution is 5.85. The summed E-state index contributed by atoms with van der Waals surface area (Å²) in [4.78, 5) is 19.7. The van der Waals surface area contributed by atoms with Gasteiger partial charge in [-0.25, -0.2) is 4.79 Å². The van der Waals surface area contributed by atoms with E-state index in [0.717, 1.165) is 17.9 Å². The van der Waals surface area contributed by atoms with E-state index >= 15 is 0 Å². The highest BCUT2D eigenvalue weighted by atomic mass is 16.1. The van der Waals surface area contributed by atoms with E-state index in [2.05, 4.69) is 15.3 Å². The van der Waals surface area contributed by atoms with Crippen molar-refractivity contribution in [2.75, 3.05) is 11.9 Å². The van der Waals surface area contributed by atoms with Gasteiger partial charge in [-0.3, -0.25) is 9.55 Å². The van der Waals surface area contributed by atoms with Crippen LogP contribution in [0.15, 0.2) is 23.1 Å². The minimum absolute atomic E-state index is 0.203. The van der Waals surface area contributed by atoms with Crippen molar-refractivity contribution in [3.63, 3.8) is 0 Å². The van der Waals surface area contributed by atoms with Crippen LogP contribution in [0, 0.1) is 0 Å². The third kappa shape index (κ3) is 0.863. The number of anilines is 1. The van der Waals surface area contributed by atoms with Crippen LogP contribution in [-0.2, 0) is 6.54 Å². The molecule has 0 bridgehead atoms. The minimum atomic E-state index is -0.203. The number of hydrogen-bond donors (Lipinski definition) is 1. The molecule has 0 aromatic carbocycles. The highest BCUT2D eigenvalue weighted by Crippen LogP contribution is 2.19. The molecule has 0 atom stereocenters.